The number of fused-ring (bicyclic) bond motifs is 1. The maximum Gasteiger partial charge on any atom is 0.441 e. The number of benzene rings is 1. The van der Waals surface area contributed by atoms with Gasteiger partial charge < -0.3 is 10.3 Å². The average molecular weight is 329 g/mol. The van der Waals surface area contributed by atoms with Crippen molar-refractivity contribution >= 4 is 28.7 Å². The summed E-state index contributed by atoms with van der Waals surface area (Å²) >= 11 is -0.228. The van der Waals surface area contributed by atoms with Crippen LogP contribution in [0.2, 0.25) is 0 Å². The van der Waals surface area contributed by atoms with Crippen LogP contribution in [0, 0.1) is 0 Å². The fourth-order valence-electron chi connectivity index (χ4n) is 1.81. The van der Waals surface area contributed by atoms with Gasteiger partial charge in [0.1, 0.15) is 0 Å². The van der Waals surface area contributed by atoms with Gasteiger partial charge in [0.25, 0.3) is 0 Å². The lowest BCUT2D eigenvalue weighted by atomic mass is 10.2. The summed E-state index contributed by atoms with van der Waals surface area (Å²) in [7, 11) is 0. The summed E-state index contributed by atoms with van der Waals surface area (Å²) in [6.07, 6.45) is -4.52. The highest BCUT2D eigenvalue weighted by Gasteiger charge is 2.31. The molecule has 0 atom stereocenters. The van der Waals surface area contributed by atoms with Gasteiger partial charge in [-0.1, -0.05) is 0 Å². The van der Waals surface area contributed by atoms with Crippen LogP contribution in [0.3, 0.4) is 0 Å². The van der Waals surface area contributed by atoms with E-state index in [9.17, 15) is 26.3 Å². The van der Waals surface area contributed by atoms with Crippen molar-refractivity contribution in [2.45, 2.75) is 18.2 Å². The van der Waals surface area contributed by atoms with Gasteiger partial charge in [0, 0.05) is 12.3 Å². The summed E-state index contributed by atoms with van der Waals surface area (Å²) in [4.78, 5) is 3.75. The summed E-state index contributed by atoms with van der Waals surface area (Å²) < 4.78 is 75.1. The lowest BCUT2D eigenvalue weighted by Gasteiger charge is -2.09. The third-order valence-corrected chi connectivity index (χ3v) is 3.40. The molecule has 1 aromatic heterocycles. The Morgan fingerprint density at radius 2 is 1.81 bits per heavy atom. The van der Waals surface area contributed by atoms with Crippen LogP contribution < -0.4 is 5.73 Å². The third kappa shape index (κ3) is 3.74. The minimum absolute atomic E-state index is 0.000617. The fraction of sp³-hybridized carbons (Fsp3) is 0.364. The zero-order chi connectivity index (χ0) is 15.8. The minimum Gasteiger partial charge on any atom is -0.369 e. The Bertz CT molecular complexity index is 646. The number of hydrogen-bond acceptors (Lipinski definition) is 3. The highest BCUT2D eigenvalue weighted by atomic mass is 32.2. The molecule has 0 unspecified atom stereocenters. The van der Waals surface area contributed by atoms with Gasteiger partial charge in [-0.25, -0.2) is 4.98 Å². The maximum absolute atomic E-state index is 12.6. The van der Waals surface area contributed by atoms with Gasteiger partial charge in [0.05, 0.1) is 16.6 Å². The number of anilines is 1. The van der Waals surface area contributed by atoms with Gasteiger partial charge in [-0.3, -0.25) is 0 Å². The van der Waals surface area contributed by atoms with Crippen LogP contribution in [0.1, 0.15) is 5.56 Å². The summed E-state index contributed by atoms with van der Waals surface area (Å²) in [6.45, 7) is -0.0993. The molecule has 2 aromatic rings. The van der Waals surface area contributed by atoms with Crippen LogP contribution in [-0.4, -0.2) is 20.8 Å². The number of nitrogens with zero attached hydrogens (tertiary/aromatic N) is 2. The Hall–Kier alpha value is -1.58. The number of alkyl halides is 6. The van der Waals surface area contributed by atoms with Crippen molar-refractivity contribution in [1.82, 2.24) is 9.55 Å². The number of nitrogens with two attached hydrogens (primary N) is 1. The van der Waals surface area contributed by atoms with Crippen molar-refractivity contribution in [3.63, 3.8) is 0 Å². The summed E-state index contributed by atoms with van der Waals surface area (Å²) in [5, 5.41) is 0. The molecule has 116 valence electrons. The van der Waals surface area contributed by atoms with Crippen LogP contribution >= 0.6 is 11.8 Å². The molecule has 2 rings (SSSR count). The van der Waals surface area contributed by atoms with Gasteiger partial charge in [-0.15, -0.1) is 0 Å². The Morgan fingerprint density at radius 3 is 2.38 bits per heavy atom. The molecule has 3 nitrogen and oxygen atoms in total. The lowest BCUT2D eigenvalue weighted by molar-refractivity contribution is -0.137. The van der Waals surface area contributed by atoms with Gasteiger partial charge in [0.15, 0.2) is 0 Å². The SMILES string of the molecule is Nc1nc2cc(C(F)(F)F)ccc2n1CCSC(F)(F)F. The Labute approximate surface area is 119 Å². The van der Waals surface area contributed by atoms with Crippen LogP contribution in [0.5, 0.6) is 0 Å². The molecule has 21 heavy (non-hydrogen) atoms. The number of aromatic nitrogens is 2. The van der Waals surface area contributed by atoms with Crippen molar-refractivity contribution in [1.29, 1.82) is 0 Å². The fourth-order valence-corrected chi connectivity index (χ4v) is 2.32. The molecular weight excluding hydrogens is 320 g/mol. The lowest BCUT2D eigenvalue weighted by Crippen LogP contribution is -2.09. The molecule has 1 heterocycles. The van der Waals surface area contributed by atoms with Gasteiger partial charge in [0.2, 0.25) is 5.95 Å². The summed E-state index contributed by atoms with van der Waals surface area (Å²) in [6, 6.07) is 2.82. The minimum atomic E-state index is -4.52. The molecule has 0 saturated carbocycles. The van der Waals surface area contributed by atoms with E-state index in [1.165, 1.54) is 4.57 Å². The van der Waals surface area contributed by atoms with Crippen molar-refractivity contribution in [2.75, 3.05) is 11.5 Å². The predicted octanol–water partition coefficient (Wildman–Crippen LogP) is 3.89. The van der Waals surface area contributed by atoms with Crippen LogP contribution in [-0.2, 0) is 12.7 Å². The van der Waals surface area contributed by atoms with E-state index in [0.29, 0.717) is 0 Å². The highest BCUT2D eigenvalue weighted by Crippen LogP contribution is 2.33. The Balaban J connectivity index is 2.27. The molecule has 0 aliphatic carbocycles. The first-order valence-corrected chi connectivity index (χ1v) is 6.60. The van der Waals surface area contributed by atoms with Crippen LogP contribution in [0.4, 0.5) is 32.3 Å². The number of thioether (sulfide) groups is 1. The molecule has 0 fully saturated rings. The number of rotatable bonds is 3. The summed E-state index contributed by atoms with van der Waals surface area (Å²) in [5.74, 6) is -0.424. The number of aryl methyl sites for hydroxylation is 1. The van der Waals surface area contributed by atoms with E-state index in [-0.39, 0.29) is 41.0 Å². The normalized spacial score (nSPS) is 13.0. The van der Waals surface area contributed by atoms with Crippen LogP contribution in [0.25, 0.3) is 11.0 Å². The van der Waals surface area contributed by atoms with E-state index < -0.39 is 17.2 Å². The molecule has 0 radical (unpaired) electrons. The number of hydrogen-bond donors (Lipinski definition) is 1. The van der Waals surface area contributed by atoms with Crippen molar-refractivity contribution in [3.8, 4) is 0 Å². The average Bonchev–Trinajstić information content (AvgIpc) is 2.62. The van der Waals surface area contributed by atoms with E-state index in [4.69, 9.17) is 5.73 Å². The molecule has 0 amide bonds. The van der Waals surface area contributed by atoms with Crippen molar-refractivity contribution in [3.05, 3.63) is 23.8 Å². The topological polar surface area (TPSA) is 43.8 Å². The van der Waals surface area contributed by atoms with Gasteiger partial charge >= 0.3 is 11.7 Å². The molecule has 0 aliphatic heterocycles. The maximum atomic E-state index is 12.6. The number of halogens is 6. The first kappa shape index (κ1) is 15.8. The zero-order valence-corrected chi connectivity index (χ0v) is 11.1. The first-order chi connectivity index (χ1) is 9.58. The van der Waals surface area contributed by atoms with E-state index in [0.717, 1.165) is 18.2 Å². The standard InChI is InChI=1S/C11H9F6N3S/c12-10(13,14)6-1-2-8-7(5-6)19-9(18)20(8)3-4-21-11(15,16)17/h1-2,5H,3-4H2,(H2,18,19). The van der Waals surface area contributed by atoms with Crippen LogP contribution in [0.15, 0.2) is 18.2 Å². The van der Waals surface area contributed by atoms with Crippen molar-refractivity contribution in [2.24, 2.45) is 0 Å². The molecule has 10 heteroatoms. The molecule has 1 aromatic carbocycles. The van der Waals surface area contributed by atoms with Gasteiger partial charge in [-0.05, 0) is 30.0 Å². The number of nitrogen functional groups attached to an aromatic ring is 1. The highest BCUT2D eigenvalue weighted by molar-refractivity contribution is 8.00. The third-order valence-electron chi connectivity index (χ3n) is 2.69. The van der Waals surface area contributed by atoms with E-state index in [1.54, 1.807) is 0 Å². The second-order valence-electron chi connectivity index (χ2n) is 4.12. The molecular formula is C11H9F6N3S. The van der Waals surface area contributed by atoms with Gasteiger partial charge in [-0.2, -0.15) is 26.3 Å². The smallest absolute Gasteiger partial charge is 0.369 e. The van der Waals surface area contributed by atoms with E-state index >= 15 is 0 Å². The monoisotopic (exact) mass is 329 g/mol. The predicted molar refractivity (Wildman–Crippen MR) is 67.7 cm³/mol. The first-order valence-electron chi connectivity index (χ1n) is 5.61. The zero-order valence-electron chi connectivity index (χ0n) is 10.3. The quantitative estimate of drug-likeness (QED) is 0.869. The van der Waals surface area contributed by atoms with Crippen molar-refractivity contribution < 1.29 is 26.3 Å². The van der Waals surface area contributed by atoms with E-state index in [2.05, 4.69) is 4.98 Å². The second kappa shape index (κ2) is 5.32. The Morgan fingerprint density at radius 1 is 1.14 bits per heavy atom. The second-order valence-corrected chi connectivity index (χ2v) is 5.28. The molecule has 0 aliphatic rings. The molecule has 0 bridgehead atoms. The molecule has 0 spiro atoms. The number of imidazole rings is 1. The Kier molecular flexibility index (Phi) is 4.00. The molecule has 2 N–H and O–H groups in total. The summed E-state index contributed by atoms with van der Waals surface area (Å²) in [5.41, 5.74) is 0.557. The molecule has 0 saturated heterocycles. The van der Waals surface area contributed by atoms with E-state index in [1.807, 2.05) is 0 Å². The largest absolute Gasteiger partial charge is 0.441 e.